The number of carbonyl (C=O) groups is 2. The zero-order valence-electron chi connectivity index (χ0n) is 15.9. The van der Waals surface area contributed by atoms with Crippen LogP contribution >= 0.6 is 11.6 Å². The molecule has 1 atom stereocenters. The third-order valence-electron chi connectivity index (χ3n) is 6.00. The monoisotopic (exact) mass is 416 g/mol. The van der Waals surface area contributed by atoms with Crippen molar-refractivity contribution in [3.8, 4) is 6.07 Å². The van der Waals surface area contributed by atoms with E-state index in [1.54, 1.807) is 47.4 Å². The highest BCUT2D eigenvalue weighted by Crippen LogP contribution is 2.55. The molecule has 0 saturated heterocycles. The minimum Gasteiger partial charge on any atom is -0.384 e. The van der Waals surface area contributed by atoms with E-state index in [-0.39, 0.29) is 17.2 Å². The number of ketones is 1. The van der Waals surface area contributed by atoms with Crippen LogP contribution in [-0.4, -0.2) is 11.7 Å². The Balaban J connectivity index is 1.89. The number of nitriles is 1. The number of carbonyl (C=O) groups excluding carboxylic acids is 2. The number of anilines is 2. The summed E-state index contributed by atoms with van der Waals surface area (Å²) in [4.78, 5) is 28.4. The van der Waals surface area contributed by atoms with Gasteiger partial charge in [-0.2, -0.15) is 5.26 Å². The number of Topliss-reactive ketones (excluding diaryl/α,β-unsaturated/α-hetero) is 1. The molecule has 1 unspecified atom stereocenters. The van der Waals surface area contributed by atoms with Gasteiger partial charge in [-0.05, 0) is 37.1 Å². The van der Waals surface area contributed by atoms with E-state index in [1.807, 2.05) is 6.07 Å². The Morgan fingerprint density at radius 3 is 2.70 bits per heavy atom. The molecule has 2 aromatic carbocycles. The summed E-state index contributed by atoms with van der Waals surface area (Å²) in [6.07, 6.45) is 1.52. The number of para-hydroxylation sites is 1. The first-order valence-electron chi connectivity index (χ1n) is 9.64. The Hall–Kier alpha value is -3.56. The van der Waals surface area contributed by atoms with Crippen molar-refractivity contribution in [3.63, 3.8) is 0 Å². The van der Waals surface area contributed by atoms with Crippen molar-refractivity contribution in [2.45, 2.75) is 24.7 Å². The molecular weight excluding hydrogens is 400 g/mol. The number of nitrogens with two attached hydrogens (primary N) is 1. The molecule has 1 amide bonds. The van der Waals surface area contributed by atoms with Crippen molar-refractivity contribution in [2.24, 2.45) is 5.73 Å². The quantitative estimate of drug-likeness (QED) is 0.737. The SMILES string of the molecule is N#CC1=C(N)N(c2cccc(Cl)c2)C2=C(C(=O)CCC2)C12C(=O)Nc1ccccc12. The molecule has 0 aromatic heterocycles. The summed E-state index contributed by atoms with van der Waals surface area (Å²) in [7, 11) is 0. The van der Waals surface area contributed by atoms with Crippen molar-refractivity contribution < 1.29 is 9.59 Å². The first-order chi connectivity index (χ1) is 14.5. The predicted octanol–water partition coefficient (Wildman–Crippen LogP) is 3.75. The number of allylic oxidation sites excluding steroid dienone is 1. The highest BCUT2D eigenvalue weighted by Gasteiger charge is 2.59. The number of amides is 1. The van der Waals surface area contributed by atoms with Crippen molar-refractivity contribution in [3.05, 3.63) is 81.8 Å². The summed E-state index contributed by atoms with van der Waals surface area (Å²) < 4.78 is 0. The van der Waals surface area contributed by atoms with Gasteiger partial charge in [-0.25, -0.2) is 0 Å². The Labute approximate surface area is 178 Å². The summed E-state index contributed by atoms with van der Waals surface area (Å²) in [6.45, 7) is 0. The van der Waals surface area contributed by atoms with E-state index in [2.05, 4.69) is 11.4 Å². The maximum Gasteiger partial charge on any atom is 0.245 e. The second-order valence-corrected chi connectivity index (χ2v) is 7.97. The van der Waals surface area contributed by atoms with Gasteiger partial charge in [0.1, 0.15) is 17.3 Å². The molecule has 0 bridgehead atoms. The number of nitrogens with one attached hydrogen (secondary N) is 1. The molecular formula is C23H17ClN4O2. The first-order valence-corrected chi connectivity index (χ1v) is 10.0. The molecule has 3 aliphatic rings. The van der Waals surface area contributed by atoms with E-state index < -0.39 is 11.3 Å². The average molecular weight is 417 g/mol. The molecule has 2 heterocycles. The molecule has 0 fully saturated rings. The topological polar surface area (TPSA) is 99.2 Å². The molecule has 2 aromatic rings. The van der Waals surface area contributed by atoms with Crippen LogP contribution in [0.1, 0.15) is 24.8 Å². The van der Waals surface area contributed by atoms with E-state index >= 15 is 0 Å². The van der Waals surface area contributed by atoms with Gasteiger partial charge in [-0.15, -0.1) is 0 Å². The van der Waals surface area contributed by atoms with Crippen LogP contribution in [-0.2, 0) is 15.0 Å². The second kappa shape index (κ2) is 6.48. The third-order valence-corrected chi connectivity index (χ3v) is 6.23. The van der Waals surface area contributed by atoms with Crippen molar-refractivity contribution in [1.29, 1.82) is 5.26 Å². The van der Waals surface area contributed by atoms with Gasteiger partial charge in [0.15, 0.2) is 5.78 Å². The van der Waals surface area contributed by atoms with Crippen LogP contribution < -0.4 is 16.0 Å². The molecule has 7 heteroatoms. The van der Waals surface area contributed by atoms with Crippen LogP contribution in [0, 0.1) is 11.3 Å². The molecule has 3 N–H and O–H groups in total. The molecule has 0 saturated carbocycles. The minimum atomic E-state index is -1.53. The normalized spacial score (nSPS) is 22.7. The summed E-state index contributed by atoms with van der Waals surface area (Å²) in [6, 6.07) is 16.4. The van der Waals surface area contributed by atoms with E-state index in [4.69, 9.17) is 17.3 Å². The van der Waals surface area contributed by atoms with Crippen LogP contribution in [0.4, 0.5) is 11.4 Å². The zero-order valence-corrected chi connectivity index (χ0v) is 16.7. The lowest BCUT2D eigenvalue weighted by Crippen LogP contribution is -2.50. The predicted molar refractivity (Wildman–Crippen MR) is 113 cm³/mol. The molecule has 1 aliphatic carbocycles. The number of nitrogens with zero attached hydrogens (tertiary/aromatic N) is 2. The number of halogens is 1. The van der Waals surface area contributed by atoms with Gasteiger partial charge in [0.2, 0.25) is 5.91 Å². The van der Waals surface area contributed by atoms with Crippen molar-refractivity contribution in [1.82, 2.24) is 0 Å². The highest BCUT2D eigenvalue weighted by molar-refractivity contribution is 6.30. The lowest BCUT2D eigenvalue weighted by Gasteiger charge is -2.43. The number of benzene rings is 2. The van der Waals surface area contributed by atoms with E-state index in [0.29, 0.717) is 52.5 Å². The summed E-state index contributed by atoms with van der Waals surface area (Å²) in [5, 5.41) is 13.5. The fraction of sp³-hybridized carbons (Fsp3) is 0.174. The van der Waals surface area contributed by atoms with Gasteiger partial charge in [-0.3, -0.25) is 14.5 Å². The van der Waals surface area contributed by atoms with E-state index in [9.17, 15) is 14.9 Å². The standard InChI is InChI=1S/C23H17ClN4O2/c24-13-5-3-6-14(11-13)28-18-9-4-10-19(29)20(18)23(16(12-25)21(28)26)15-7-1-2-8-17(15)27-22(23)30/h1-3,5-8,11H,4,9-10,26H2,(H,27,30). The summed E-state index contributed by atoms with van der Waals surface area (Å²) in [5.74, 6) is -0.424. The maximum atomic E-state index is 13.4. The summed E-state index contributed by atoms with van der Waals surface area (Å²) in [5.41, 5.74) is 7.89. The van der Waals surface area contributed by atoms with E-state index in [0.717, 1.165) is 0 Å². The second-order valence-electron chi connectivity index (χ2n) is 7.54. The van der Waals surface area contributed by atoms with Gasteiger partial charge in [-0.1, -0.05) is 35.9 Å². The molecule has 0 radical (unpaired) electrons. The molecule has 6 nitrogen and oxygen atoms in total. The van der Waals surface area contributed by atoms with Gasteiger partial charge < -0.3 is 11.1 Å². The lowest BCUT2D eigenvalue weighted by molar-refractivity contribution is -0.122. The van der Waals surface area contributed by atoms with Gasteiger partial charge in [0.05, 0.1) is 5.57 Å². The zero-order chi connectivity index (χ0) is 21.0. The van der Waals surface area contributed by atoms with Gasteiger partial charge in [0, 0.05) is 39.7 Å². The van der Waals surface area contributed by atoms with Crippen LogP contribution in [0.2, 0.25) is 5.02 Å². The highest BCUT2D eigenvalue weighted by atomic mass is 35.5. The fourth-order valence-electron chi connectivity index (χ4n) is 4.86. The van der Waals surface area contributed by atoms with Gasteiger partial charge >= 0.3 is 0 Å². The molecule has 5 rings (SSSR count). The molecule has 2 aliphatic heterocycles. The van der Waals surface area contributed by atoms with Crippen LogP contribution in [0.3, 0.4) is 0 Å². The van der Waals surface area contributed by atoms with Crippen LogP contribution in [0.5, 0.6) is 0 Å². The number of fused-ring (bicyclic) bond motifs is 3. The lowest BCUT2D eigenvalue weighted by atomic mass is 9.64. The van der Waals surface area contributed by atoms with Crippen LogP contribution in [0.15, 0.2) is 71.2 Å². The maximum absolute atomic E-state index is 13.4. The molecule has 148 valence electrons. The molecule has 1 spiro atoms. The largest absolute Gasteiger partial charge is 0.384 e. The van der Waals surface area contributed by atoms with E-state index in [1.165, 1.54) is 0 Å². The Kier molecular flexibility index (Phi) is 3.99. The number of rotatable bonds is 1. The summed E-state index contributed by atoms with van der Waals surface area (Å²) >= 11 is 6.20. The number of hydrogen-bond donors (Lipinski definition) is 2. The van der Waals surface area contributed by atoms with Crippen molar-refractivity contribution in [2.75, 3.05) is 10.2 Å². The average Bonchev–Trinajstić information content (AvgIpc) is 3.01. The number of hydrogen-bond acceptors (Lipinski definition) is 5. The smallest absolute Gasteiger partial charge is 0.245 e. The molecule has 30 heavy (non-hydrogen) atoms. The Morgan fingerprint density at radius 2 is 1.93 bits per heavy atom. The van der Waals surface area contributed by atoms with Crippen LogP contribution in [0.25, 0.3) is 0 Å². The third kappa shape index (κ3) is 2.24. The fourth-order valence-corrected chi connectivity index (χ4v) is 5.04. The minimum absolute atomic E-state index is 0.0546. The first kappa shape index (κ1) is 18.5. The van der Waals surface area contributed by atoms with Crippen molar-refractivity contribution >= 4 is 34.7 Å². The Bertz CT molecular complexity index is 1240. The Morgan fingerprint density at radius 1 is 1.13 bits per heavy atom. The van der Waals surface area contributed by atoms with Gasteiger partial charge in [0.25, 0.3) is 0 Å².